The van der Waals surface area contributed by atoms with Crippen LogP contribution in [0.3, 0.4) is 0 Å². The second-order valence-corrected chi connectivity index (χ2v) is 4.90. The summed E-state index contributed by atoms with van der Waals surface area (Å²) in [6.45, 7) is 2.81. The fourth-order valence-electron chi connectivity index (χ4n) is 2.12. The summed E-state index contributed by atoms with van der Waals surface area (Å²) in [5.74, 6) is -1.22. The molecule has 1 aliphatic heterocycles. The summed E-state index contributed by atoms with van der Waals surface area (Å²) in [7, 11) is 0. The zero-order valence-electron chi connectivity index (χ0n) is 9.55. The lowest BCUT2D eigenvalue weighted by Crippen LogP contribution is -2.35. The maximum atomic E-state index is 12.1. The maximum Gasteiger partial charge on any atom is 0.355 e. The number of carboxylic acids is 1. The minimum Gasteiger partial charge on any atom is -0.476 e. The van der Waals surface area contributed by atoms with Crippen LogP contribution in [0.2, 0.25) is 0 Å². The molecule has 1 fully saturated rings. The first-order valence-electron chi connectivity index (χ1n) is 5.63. The van der Waals surface area contributed by atoms with Crippen LogP contribution in [0.4, 0.5) is 0 Å². The van der Waals surface area contributed by atoms with Crippen LogP contribution in [0.25, 0.3) is 0 Å². The molecule has 0 bridgehead atoms. The Morgan fingerprint density at radius 2 is 2.41 bits per heavy atom. The molecule has 2 heterocycles. The SMILES string of the molecule is CCC1CCCN1C(=O)c1nc(C(=O)O)cs1. The molecule has 0 saturated carbocycles. The van der Waals surface area contributed by atoms with Crippen molar-refractivity contribution in [3.63, 3.8) is 0 Å². The van der Waals surface area contributed by atoms with Crippen molar-refractivity contribution in [3.05, 3.63) is 16.1 Å². The number of hydrogen-bond donors (Lipinski definition) is 1. The van der Waals surface area contributed by atoms with Crippen molar-refractivity contribution >= 4 is 23.2 Å². The van der Waals surface area contributed by atoms with E-state index in [4.69, 9.17) is 5.11 Å². The summed E-state index contributed by atoms with van der Waals surface area (Å²) in [5, 5.41) is 10.5. The van der Waals surface area contributed by atoms with Crippen molar-refractivity contribution in [2.24, 2.45) is 0 Å². The zero-order chi connectivity index (χ0) is 12.4. The number of carbonyl (C=O) groups excluding carboxylic acids is 1. The van der Waals surface area contributed by atoms with Crippen molar-refractivity contribution in [1.82, 2.24) is 9.88 Å². The van der Waals surface area contributed by atoms with Crippen molar-refractivity contribution in [1.29, 1.82) is 0 Å². The van der Waals surface area contributed by atoms with Gasteiger partial charge in [-0.2, -0.15) is 0 Å². The number of likely N-dealkylation sites (tertiary alicyclic amines) is 1. The van der Waals surface area contributed by atoms with E-state index in [0.29, 0.717) is 0 Å². The minimum atomic E-state index is -1.09. The van der Waals surface area contributed by atoms with Crippen molar-refractivity contribution < 1.29 is 14.7 Å². The molecular weight excluding hydrogens is 240 g/mol. The van der Waals surface area contributed by atoms with E-state index in [9.17, 15) is 9.59 Å². The quantitative estimate of drug-likeness (QED) is 0.893. The Labute approximate surface area is 103 Å². The van der Waals surface area contributed by atoms with E-state index in [1.807, 2.05) is 4.90 Å². The van der Waals surface area contributed by atoms with Gasteiger partial charge in [0.15, 0.2) is 10.7 Å². The molecule has 1 aromatic rings. The third-order valence-electron chi connectivity index (χ3n) is 3.02. The molecule has 92 valence electrons. The molecule has 1 aliphatic rings. The summed E-state index contributed by atoms with van der Waals surface area (Å²) in [4.78, 5) is 28.5. The van der Waals surface area contributed by atoms with Crippen LogP contribution in [0, 0.1) is 0 Å². The first kappa shape index (κ1) is 12.0. The highest BCUT2D eigenvalue weighted by Gasteiger charge is 2.29. The fourth-order valence-corrected chi connectivity index (χ4v) is 2.87. The molecule has 1 N–H and O–H groups in total. The van der Waals surface area contributed by atoms with Gasteiger partial charge < -0.3 is 10.0 Å². The lowest BCUT2D eigenvalue weighted by atomic mass is 10.2. The number of carbonyl (C=O) groups is 2. The zero-order valence-corrected chi connectivity index (χ0v) is 10.4. The molecule has 17 heavy (non-hydrogen) atoms. The molecule has 1 saturated heterocycles. The molecule has 1 amide bonds. The Morgan fingerprint density at radius 3 is 3.00 bits per heavy atom. The number of amides is 1. The Kier molecular flexibility index (Phi) is 3.42. The lowest BCUT2D eigenvalue weighted by molar-refractivity contribution is 0.0691. The van der Waals surface area contributed by atoms with Crippen LogP contribution in [0.1, 0.15) is 46.5 Å². The number of hydrogen-bond acceptors (Lipinski definition) is 4. The summed E-state index contributed by atoms with van der Waals surface area (Å²) in [6.07, 6.45) is 2.98. The van der Waals surface area contributed by atoms with E-state index in [1.165, 1.54) is 5.38 Å². The molecule has 0 radical (unpaired) electrons. The molecule has 1 atom stereocenters. The largest absolute Gasteiger partial charge is 0.476 e. The number of rotatable bonds is 3. The summed E-state index contributed by atoms with van der Waals surface area (Å²) >= 11 is 1.10. The van der Waals surface area contributed by atoms with E-state index in [1.54, 1.807) is 0 Å². The summed E-state index contributed by atoms with van der Waals surface area (Å²) in [5.41, 5.74) is -0.0504. The predicted molar refractivity (Wildman–Crippen MR) is 63.4 cm³/mol. The normalized spacial score (nSPS) is 19.6. The highest BCUT2D eigenvalue weighted by Crippen LogP contribution is 2.23. The second kappa shape index (κ2) is 4.83. The monoisotopic (exact) mass is 254 g/mol. The number of aromatic carboxylic acids is 1. The second-order valence-electron chi connectivity index (χ2n) is 4.05. The lowest BCUT2D eigenvalue weighted by Gasteiger charge is -2.22. The van der Waals surface area contributed by atoms with E-state index in [-0.39, 0.29) is 22.7 Å². The third kappa shape index (κ3) is 2.31. The number of aromatic nitrogens is 1. The fraction of sp³-hybridized carbons (Fsp3) is 0.545. The van der Waals surface area contributed by atoms with Crippen LogP contribution >= 0.6 is 11.3 Å². The van der Waals surface area contributed by atoms with Gasteiger partial charge in [-0.25, -0.2) is 9.78 Å². The number of carboxylic acid groups (broad SMARTS) is 1. The van der Waals surface area contributed by atoms with Crippen molar-refractivity contribution in [3.8, 4) is 0 Å². The summed E-state index contributed by atoms with van der Waals surface area (Å²) < 4.78 is 0. The van der Waals surface area contributed by atoms with Crippen molar-refractivity contribution in [2.75, 3.05) is 6.54 Å². The Morgan fingerprint density at radius 1 is 1.65 bits per heavy atom. The molecule has 6 heteroatoms. The van der Waals surface area contributed by atoms with Gasteiger partial charge in [0.1, 0.15) is 0 Å². The van der Waals surface area contributed by atoms with Crippen LogP contribution < -0.4 is 0 Å². The highest BCUT2D eigenvalue weighted by atomic mass is 32.1. The van der Waals surface area contributed by atoms with Crippen LogP contribution in [0.5, 0.6) is 0 Å². The van der Waals surface area contributed by atoms with Gasteiger partial charge in [-0.05, 0) is 19.3 Å². The molecule has 0 aromatic carbocycles. The molecule has 0 spiro atoms. The highest BCUT2D eigenvalue weighted by molar-refractivity contribution is 7.11. The van der Waals surface area contributed by atoms with Gasteiger partial charge in [0, 0.05) is 18.0 Å². The Balaban J connectivity index is 2.16. The van der Waals surface area contributed by atoms with E-state index in [2.05, 4.69) is 11.9 Å². The number of thiazole rings is 1. The van der Waals surface area contributed by atoms with E-state index >= 15 is 0 Å². The average molecular weight is 254 g/mol. The molecule has 0 aliphatic carbocycles. The van der Waals surface area contributed by atoms with E-state index < -0.39 is 5.97 Å². The molecule has 1 aromatic heterocycles. The van der Waals surface area contributed by atoms with Crippen LogP contribution in [0.15, 0.2) is 5.38 Å². The first-order valence-corrected chi connectivity index (χ1v) is 6.51. The molecule has 5 nitrogen and oxygen atoms in total. The van der Waals surface area contributed by atoms with Gasteiger partial charge in [-0.3, -0.25) is 4.79 Å². The molecule has 1 unspecified atom stereocenters. The van der Waals surface area contributed by atoms with Gasteiger partial charge in [0.2, 0.25) is 0 Å². The standard InChI is InChI=1S/C11H14N2O3S/c1-2-7-4-3-5-13(7)10(14)9-12-8(6-17-9)11(15)16/h6-7H,2-5H2,1H3,(H,15,16). The van der Waals surface area contributed by atoms with Gasteiger partial charge in [0.05, 0.1) is 0 Å². The van der Waals surface area contributed by atoms with Crippen LogP contribution in [-0.4, -0.2) is 39.5 Å². The average Bonchev–Trinajstić information content (AvgIpc) is 2.96. The maximum absolute atomic E-state index is 12.1. The smallest absolute Gasteiger partial charge is 0.355 e. The summed E-state index contributed by atoms with van der Waals surface area (Å²) in [6, 6.07) is 0.277. The van der Waals surface area contributed by atoms with Gasteiger partial charge in [-0.15, -0.1) is 11.3 Å². The Bertz CT molecular complexity index is 444. The minimum absolute atomic E-state index is 0.0504. The third-order valence-corrected chi connectivity index (χ3v) is 3.85. The topological polar surface area (TPSA) is 70.5 Å². The van der Waals surface area contributed by atoms with Crippen molar-refractivity contribution in [2.45, 2.75) is 32.2 Å². The molecular formula is C11H14N2O3S. The van der Waals surface area contributed by atoms with Gasteiger partial charge in [0.25, 0.3) is 5.91 Å². The Hall–Kier alpha value is -1.43. The van der Waals surface area contributed by atoms with Gasteiger partial charge >= 0.3 is 5.97 Å². The van der Waals surface area contributed by atoms with Crippen LogP contribution in [-0.2, 0) is 0 Å². The predicted octanol–water partition coefficient (Wildman–Crippen LogP) is 1.86. The van der Waals surface area contributed by atoms with E-state index in [0.717, 1.165) is 37.1 Å². The first-order chi connectivity index (χ1) is 8.13. The van der Waals surface area contributed by atoms with Gasteiger partial charge in [-0.1, -0.05) is 6.92 Å². The number of nitrogens with zero attached hydrogens (tertiary/aromatic N) is 2. The molecule has 2 rings (SSSR count).